The molecule has 2 amide bonds. The normalized spacial score (nSPS) is 11.7. The Morgan fingerprint density at radius 1 is 1.11 bits per heavy atom. The van der Waals surface area contributed by atoms with Gasteiger partial charge in [0.25, 0.3) is 0 Å². The molecule has 0 saturated carbocycles. The van der Waals surface area contributed by atoms with E-state index in [2.05, 4.69) is 15.3 Å². The van der Waals surface area contributed by atoms with Crippen molar-refractivity contribution in [2.45, 2.75) is 15.6 Å². The maximum atomic E-state index is 12.4. The zero-order chi connectivity index (χ0) is 20.2. The summed E-state index contributed by atoms with van der Waals surface area (Å²) in [6.45, 7) is 0. The number of carbonyl (C=O) groups is 1. The number of aromatic nitrogens is 2. The molecule has 0 spiro atoms. The van der Waals surface area contributed by atoms with E-state index in [9.17, 15) is 21.6 Å². The molecule has 0 aliphatic rings. The summed E-state index contributed by atoms with van der Waals surface area (Å²) in [7, 11) is -6.87. The molecule has 1 aromatic heterocycles. The van der Waals surface area contributed by atoms with E-state index in [-0.39, 0.29) is 26.8 Å². The molecule has 0 saturated heterocycles. The van der Waals surface area contributed by atoms with Crippen molar-refractivity contribution in [1.82, 2.24) is 14.7 Å². The van der Waals surface area contributed by atoms with Gasteiger partial charge in [0.15, 0.2) is 0 Å². The molecule has 0 radical (unpaired) electrons. The van der Waals surface area contributed by atoms with Crippen molar-refractivity contribution in [3.05, 3.63) is 30.3 Å². The monoisotopic (exact) mass is 480 g/mol. The fourth-order valence-corrected chi connectivity index (χ4v) is 5.32. The maximum absolute atomic E-state index is 12.4. The molecule has 13 heteroatoms. The molecule has 0 atom stereocenters. The van der Waals surface area contributed by atoms with Crippen molar-refractivity contribution >= 4 is 51.4 Å². The van der Waals surface area contributed by atoms with Crippen LogP contribution >= 0.6 is 0 Å². The number of sulfone groups is 1. The Balaban J connectivity index is 2.29. The predicted octanol–water partition coefficient (Wildman–Crippen LogP) is -0.223. The summed E-state index contributed by atoms with van der Waals surface area (Å²) in [5.74, 6) is 1.96. The van der Waals surface area contributed by atoms with E-state index in [1.165, 1.54) is 19.2 Å². The van der Waals surface area contributed by atoms with Gasteiger partial charge in [0, 0.05) is 0 Å². The fourth-order valence-electron chi connectivity index (χ4n) is 1.95. The quantitative estimate of drug-likeness (QED) is 0.541. The molecule has 0 unspecified atom stereocenters. The number of urea groups is 1. The van der Waals surface area contributed by atoms with E-state index in [0.717, 1.165) is 18.4 Å². The molecule has 0 bridgehead atoms. The fraction of sp³-hybridized carbons (Fsp3) is 0.214. The second-order valence-electron chi connectivity index (χ2n) is 5.05. The molecule has 1 heterocycles. The van der Waals surface area contributed by atoms with Gasteiger partial charge in [-0.05, 0) is 0 Å². The van der Waals surface area contributed by atoms with Crippen LogP contribution in [0.5, 0.6) is 5.88 Å². The second-order valence-corrected chi connectivity index (χ2v) is 10.4. The minimum atomic E-state index is -4.45. The van der Waals surface area contributed by atoms with Gasteiger partial charge in [0.2, 0.25) is 0 Å². The Labute approximate surface area is 162 Å². The summed E-state index contributed by atoms with van der Waals surface area (Å²) in [4.78, 5) is 19.1. The standard InChI is InChI=1S/C14H16N4O6S2Se/c1-24-11-8-12(27-3)16-13(15-11)17-14(19)18-26(22,23)10-7-5-4-6-9(10)25(2,20)21/h4-8H,1-3H3,(H2,15,16,17,18,19). The van der Waals surface area contributed by atoms with Crippen LogP contribution in [0.1, 0.15) is 0 Å². The Kier molecular flexibility index (Phi) is 6.42. The number of ether oxygens (including phenoxy) is 1. The summed E-state index contributed by atoms with van der Waals surface area (Å²) in [5, 5.41) is 2.20. The Hall–Kier alpha value is -2.21. The number of rotatable bonds is 6. The molecule has 10 nitrogen and oxygen atoms in total. The van der Waals surface area contributed by atoms with Crippen molar-refractivity contribution in [1.29, 1.82) is 0 Å². The summed E-state index contributed by atoms with van der Waals surface area (Å²) < 4.78 is 55.9. The van der Waals surface area contributed by atoms with E-state index in [4.69, 9.17) is 4.74 Å². The average molecular weight is 479 g/mol. The molecule has 0 aliphatic carbocycles. The second kappa shape index (κ2) is 8.21. The van der Waals surface area contributed by atoms with Crippen LogP contribution < -0.4 is 19.4 Å². The van der Waals surface area contributed by atoms with Crippen molar-refractivity contribution in [2.24, 2.45) is 0 Å². The van der Waals surface area contributed by atoms with Gasteiger partial charge in [-0.1, -0.05) is 0 Å². The van der Waals surface area contributed by atoms with Crippen LogP contribution in [0.2, 0.25) is 5.82 Å². The third-order valence-corrected chi connectivity index (χ3v) is 7.08. The van der Waals surface area contributed by atoms with E-state index < -0.39 is 35.7 Å². The predicted molar refractivity (Wildman–Crippen MR) is 98.7 cm³/mol. The van der Waals surface area contributed by atoms with E-state index in [1.807, 2.05) is 5.82 Å². The summed E-state index contributed by atoms with van der Waals surface area (Å²) in [6, 6.07) is 5.42. The first-order valence-corrected chi connectivity index (χ1v) is 13.1. The molecule has 2 N–H and O–H groups in total. The summed E-state index contributed by atoms with van der Waals surface area (Å²) in [6.07, 6.45) is 0.875. The summed E-state index contributed by atoms with van der Waals surface area (Å²) >= 11 is -0.0103. The van der Waals surface area contributed by atoms with Gasteiger partial charge in [-0.3, -0.25) is 0 Å². The van der Waals surface area contributed by atoms with Crippen LogP contribution in [0.15, 0.2) is 40.1 Å². The third-order valence-electron chi connectivity index (χ3n) is 3.09. The SMILES string of the molecule is COc1cc([Se]C)nc(NC(=O)NS(=O)(=O)c2ccccc2S(C)(=O)=O)n1. The van der Waals surface area contributed by atoms with Gasteiger partial charge in [-0.2, -0.15) is 0 Å². The van der Waals surface area contributed by atoms with Crippen LogP contribution in [0, 0.1) is 0 Å². The molecule has 0 fully saturated rings. The molecule has 146 valence electrons. The number of amides is 2. The van der Waals surface area contributed by atoms with E-state index >= 15 is 0 Å². The van der Waals surface area contributed by atoms with E-state index in [0.29, 0.717) is 4.59 Å². The van der Waals surface area contributed by atoms with Crippen LogP contribution in [0.4, 0.5) is 10.7 Å². The third kappa shape index (κ3) is 5.39. The van der Waals surface area contributed by atoms with Crippen molar-refractivity contribution in [2.75, 3.05) is 18.7 Å². The van der Waals surface area contributed by atoms with Crippen molar-refractivity contribution in [3.8, 4) is 5.88 Å². The first kappa shape index (κ1) is 21.1. The van der Waals surface area contributed by atoms with E-state index in [1.54, 1.807) is 10.8 Å². The number of benzene rings is 1. The zero-order valence-corrected chi connectivity index (χ0v) is 17.8. The van der Waals surface area contributed by atoms with Crippen molar-refractivity contribution < 1.29 is 26.4 Å². The zero-order valence-electron chi connectivity index (χ0n) is 14.5. The molecular weight excluding hydrogens is 463 g/mol. The van der Waals surface area contributed by atoms with Crippen LogP contribution in [-0.4, -0.2) is 61.2 Å². The molecule has 27 heavy (non-hydrogen) atoms. The van der Waals surface area contributed by atoms with Crippen LogP contribution in [0.25, 0.3) is 0 Å². The molecule has 2 aromatic rings. The van der Waals surface area contributed by atoms with Gasteiger partial charge in [0.1, 0.15) is 0 Å². The molecule has 0 aliphatic heterocycles. The van der Waals surface area contributed by atoms with Gasteiger partial charge in [-0.25, -0.2) is 0 Å². The Bertz CT molecular complexity index is 1050. The number of hydrogen-bond acceptors (Lipinski definition) is 8. The number of anilines is 1. The Morgan fingerprint density at radius 2 is 1.74 bits per heavy atom. The van der Waals surface area contributed by atoms with Gasteiger partial charge < -0.3 is 0 Å². The van der Waals surface area contributed by atoms with Gasteiger partial charge >= 0.3 is 163 Å². The number of methoxy groups -OCH3 is 1. The molecule has 1 aromatic carbocycles. The topological polar surface area (TPSA) is 144 Å². The van der Waals surface area contributed by atoms with Gasteiger partial charge in [0.05, 0.1) is 0 Å². The van der Waals surface area contributed by atoms with Gasteiger partial charge in [-0.15, -0.1) is 0 Å². The number of hydrogen-bond donors (Lipinski definition) is 2. The Morgan fingerprint density at radius 3 is 2.30 bits per heavy atom. The van der Waals surface area contributed by atoms with Crippen LogP contribution in [-0.2, 0) is 19.9 Å². The molecular formula is C14H16N4O6S2Se. The first-order valence-electron chi connectivity index (χ1n) is 7.17. The van der Waals surface area contributed by atoms with Crippen molar-refractivity contribution in [3.63, 3.8) is 0 Å². The number of sulfonamides is 1. The number of nitrogens with one attached hydrogen (secondary N) is 2. The molecule has 2 rings (SSSR count). The average Bonchev–Trinajstić information content (AvgIpc) is 2.60. The first-order chi connectivity index (χ1) is 12.6. The minimum absolute atomic E-state index is 0.0103. The summed E-state index contributed by atoms with van der Waals surface area (Å²) in [5.41, 5.74) is 0. The van der Waals surface area contributed by atoms with Crippen LogP contribution in [0.3, 0.4) is 0 Å². The number of carbonyl (C=O) groups excluding carboxylic acids is 1. The number of nitrogens with zero attached hydrogens (tertiary/aromatic N) is 2.